The molecule has 0 aromatic heterocycles. The first kappa shape index (κ1) is 18.3. The smallest absolute Gasteiger partial charge is 0.253 e. The van der Waals surface area contributed by atoms with Crippen LogP contribution in [0.5, 0.6) is 11.5 Å². The Morgan fingerprint density at radius 3 is 2.46 bits per heavy atom. The highest BCUT2D eigenvalue weighted by atomic mass is 16.7. The van der Waals surface area contributed by atoms with Crippen molar-refractivity contribution in [3.8, 4) is 11.5 Å². The number of nitrogens with zero attached hydrogens (tertiary/aromatic N) is 1. The second kappa shape index (κ2) is 7.92. The van der Waals surface area contributed by atoms with Crippen molar-refractivity contribution in [1.82, 2.24) is 4.90 Å². The minimum Gasteiger partial charge on any atom is -0.454 e. The molecule has 0 atom stereocenters. The van der Waals surface area contributed by atoms with Crippen LogP contribution < -0.4 is 14.8 Å². The van der Waals surface area contributed by atoms with Crippen LogP contribution in [0.1, 0.15) is 35.7 Å². The molecule has 2 aromatic rings. The number of amides is 2. The first-order valence-electron chi connectivity index (χ1n) is 9.73. The number of anilines is 1. The van der Waals surface area contributed by atoms with E-state index >= 15 is 0 Å². The quantitative estimate of drug-likeness (QED) is 0.882. The number of benzene rings is 2. The predicted octanol–water partition coefficient (Wildman–Crippen LogP) is 3.47. The molecule has 1 fully saturated rings. The van der Waals surface area contributed by atoms with Crippen molar-refractivity contribution in [2.24, 2.45) is 5.92 Å². The van der Waals surface area contributed by atoms with Crippen molar-refractivity contribution in [3.63, 3.8) is 0 Å². The van der Waals surface area contributed by atoms with Gasteiger partial charge in [-0.1, -0.05) is 19.1 Å². The van der Waals surface area contributed by atoms with Gasteiger partial charge < -0.3 is 19.7 Å². The number of nitrogens with one attached hydrogen (secondary N) is 1. The Morgan fingerprint density at radius 1 is 1.04 bits per heavy atom. The zero-order valence-corrected chi connectivity index (χ0v) is 15.9. The zero-order valence-electron chi connectivity index (χ0n) is 15.9. The standard InChI is InChI=1S/C22H24N2O4/c1-2-15-3-6-18(7-4-15)23-21(25)16-9-11-24(12-10-16)22(26)17-5-8-19-20(13-17)28-14-27-19/h3-8,13,16H,2,9-12,14H2,1H3,(H,23,25). The van der Waals surface area contributed by atoms with Crippen molar-refractivity contribution >= 4 is 17.5 Å². The van der Waals surface area contributed by atoms with Gasteiger partial charge in [0.15, 0.2) is 11.5 Å². The van der Waals surface area contributed by atoms with E-state index in [2.05, 4.69) is 12.2 Å². The molecule has 0 radical (unpaired) electrons. The van der Waals surface area contributed by atoms with Crippen LogP contribution >= 0.6 is 0 Å². The van der Waals surface area contributed by atoms with E-state index in [1.54, 1.807) is 23.1 Å². The number of fused-ring (bicyclic) bond motifs is 1. The molecule has 0 bridgehead atoms. The van der Waals surface area contributed by atoms with Gasteiger partial charge in [-0.3, -0.25) is 9.59 Å². The molecule has 0 aliphatic carbocycles. The molecule has 0 unspecified atom stereocenters. The predicted molar refractivity (Wildman–Crippen MR) is 106 cm³/mol. The molecule has 1 N–H and O–H groups in total. The number of piperidine rings is 1. The van der Waals surface area contributed by atoms with Crippen LogP contribution in [0, 0.1) is 5.92 Å². The summed E-state index contributed by atoms with van der Waals surface area (Å²) in [7, 11) is 0. The molecule has 2 heterocycles. The maximum absolute atomic E-state index is 12.8. The van der Waals surface area contributed by atoms with E-state index in [1.165, 1.54) is 5.56 Å². The molecule has 0 spiro atoms. The number of carbonyl (C=O) groups is 2. The third-order valence-electron chi connectivity index (χ3n) is 5.40. The topological polar surface area (TPSA) is 67.9 Å². The highest BCUT2D eigenvalue weighted by Crippen LogP contribution is 2.33. The molecule has 2 aromatic carbocycles. The average Bonchev–Trinajstić information content (AvgIpc) is 3.22. The van der Waals surface area contributed by atoms with Crippen LogP contribution in [0.2, 0.25) is 0 Å². The Morgan fingerprint density at radius 2 is 1.75 bits per heavy atom. The van der Waals surface area contributed by atoms with Crippen LogP contribution in [-0.2, 0) is 11.2 Å². The number of aryl methyl sites for hydroxylation is 1. The fourth-order valence-electron chi connectivity index (χ4n) is 3.63. The van der Waals surface area contributed by atoms with Crippen molar-refractivity contribution in [1.29, 1.82) is 0 Å². The minimum atomic E-state index is -0.0772. The van der Waals surface area contributed by atoms with Crippen LogP contribution in [0.15, 0.2) is 42.5 Å². The molecule has 28 heavy (non-hydrogen) atoms. The Balaban J connectivity index is 1.32. The molecule has 6 heteroatoms. The van der Waals surface area contributed by atoms with E-state index in [0.29, 0.717) is 43.0 Å². The lowest BCUT2D eigenvalue weighted by molar-refractivity contribution is -0.121. The molecule has 2 aliphatic heterocycles. The van der Waals surface area contributed by atoms with Gasteiger partial charge in [-0.15, -0.1) is 0 Å². The van der Waals surface area contributed by atoms with Gasteiger partial charge in [0.25, 0.3) is 5.91 Å². The maximum atomic E-state index is 12.8. The Labute approximate surface area is 164 Å². The SMILES string of the molecule is CCc1ccc(NC(=O)C2CCN(C(=O)c3ccc4c(c3)OCO4)CC2)cc1. The van der Waals surface area contributed by atoms with Crippen LogP contribution in [0.25, 0.3) is 0 Å². The number of rotatable bonds is 4. The second-order valence-electron chi connectivity index (χ2n) is 7.17. The van der Waals surface area contributed by atoms with Gasteiger partial charge >= 0.3 is 0 Å². The molecule has 0 saturated carbocycles. The largest absolute Gasteiger partial charge is 0.454 e. The van der Waals surface area contributed by atoms with Crippen molar-refractivity contribution in [3.05, 3.63) is 53.6 Å². The molecule has 2 aliphatic rings. The molecular weight excluding hydrogens is 356 g/mol. The van der Waals surface area contributed by atoms with Gasteiger partial charge in [0.2, 0.25) is 12.7 Å². The van der Waals surface area contributed by atoms with Crippen LogP contribution in [0.3, 0.4) is 0 Å². The Hall–Kier alpha value is -3.02. The van der Waals surface area contributed by atoms with E-state index in [1.807, 2.05) is 24.3 Å². The third kappa shape index (κ3) is 3.81. The summed E-state index contributed by atoms with van der Waals surface area (Å²) in [4.78, 5) is 27.1. The number of ether oxygens (including phenoxy) is 2. The average molecular weight is 380 g/mol. The summed E-state index contributed by atoms with van der Waals surface area (Å²) in [5.41, 5.74) is 2.65. The van der Waals surface area contributed by atoms with Gasteiger partial charge in [0, 0.05) is 30.3 Å². The lowest BCUT2D eigenvalue weighted by Gasteiger charge is -2.31. The Kier molecular flexibility index (Phi) is 5.19. The number of carbonyl (C=O) groups excluding carboxylic acids is 2. The number of hydrogen-bond donors (Lipinski definition) is 1. The maximum Gasteiger partial charge on any atom is 0.253 e. The first-order chi connectivity index (χ1) is 13.6. The summed E-state index contributed by atoms with van der Waals surface area (Å²) in [6, 6.07) is 13.2. The molecular formula is C22H24N2O4. The van der Waals surface area contributed by atoms with Crippen LogP contribution in [0.4, 0.5) is 5.69 Å². The van der Waals surface area contributed by atoms with Gasteiger partial charge in [0.05, 0.1) is 0 Å². The summed E-state index contributed by atoms with van der Waals surface area (Å²) in [5, 5.41) is 2.99. The van der Waals surface area contributed by atoms with Gasteiger partial charge in [-0.2, -0.15) is 0 Å². The molecule has 6 nitrogen and oxygen atoms in total. The molecule has 2 amide bonds. The van der Waals surface area contributed by atoms with Gasteiger partial charge in [-0.25, -0.2) is 0 Å². The number of likely N-dealkylation sites (tertiary alicyclic amines) is 1. The van der Waals surface area contributed by atoms with E-state index < -0.39 is 0 Å². The summed E-state index contributed by atoms with van der Waals surface area (Å²) in [6.45, 7) is 3.43. The van der Waals surface area contributed by atoms with E-state index in [-0.39, 0.29) is 24.5 Å². The minimum absolute atomic E-state index is 0.0272. The number of hydrogen-bond acceptors (Lipinski definition) is 4. The summed E-state index contributed by atoms with van der Waals surface area (Å²) < 4.78 is 10.6. The van der Waals surface area contributed by atoms with Crippen molar-refractivity contribution in [2.75, 3.05) is 25.2 Å². The molecule has 1 saturated heterocycles. The third-order valence-corrected chi connectivity index (χ3v) is 5.40. The second-order valence-corrected chi connectivity index (χ2v) is 7.17. The molecule has 4 rings (SSSR count). The van der Waals surface area contributed by atoms with E-state index in [4.69, 9.17) is 9.47 Å². The van der Waals surface area contributed by atoms with E-state index in [0.717, 1.165) is 12.1 Å². The summed E-state index contributed by atoms with van der Waals surface area (Å²) in [5.74, 6) is 1.19. The van der Waals surface area contributed by atoms with Crippen molar-refractivity contribution in [2.45, 2.75) is 26.2 Å². The zero-order chi connectivity index (χ0) is 19.5. The fourth-order valence-corrected chi connectivity index (χ4v) is 3.63. The van der Waals surface area contributed by atoms with Gasteiger partial charge in [-0.05, 0) is 55.2 Å². The highest BCUT2D eigenvalue weighted by molar-refractivity contribution is 5.96. The van der Waals surface area contributed by atoms with Crippen molar-refractivity contribution < 1.29 is 19.1 Å². The normalized spacial score (nSPS) is 16.1. The lowest BCUT2D eigenvalue weighted by Crippen LogP contribution is -2.41. The fraction of sp³-hybridized carbons (Fsp3) is 0.364. The highest BCUT2D eigenvalue weighted by Gasteiger charge is 2.28. The first-order valence-corrected chi connectivity index (χ1v) is 9.73. The lowest BCUT2D eigenvalue weighted by atomic mass is 9.95. The molecule has 146 valence electrons. The van der Waals surface area contributed by atoms with Gasteiger partial charge in [0.1, 0.15) is 0 Å². The summed E-state index contributed by atoms with van der Waals surface area (Å²) >= 11 is 0. The van der Waals surface area contributed by atoms with E-state index in [9.17, 15) is 9.59 Å². The Bertz CT molecular complexity index is 871. The van der Waals surface area contributed by atoms with Crippen LogP contribution in [-0.4, -0.2) is 36.6 Å². The summed E-state index contributed by atoms with van der Waals surface area (Å²) in [6.07, 6.45) is 2.30. The monoisotopic (exact) mass is 380 g/mol.